The lowest BCUT2D eigenvalue weighted by molar-refractivity contribution is -0.0970. The van der Waals surface area contributed by atoms with E-state index in [9.17, 15) is 0 Å². The van der Waals surface area contributed by atoms with Crippen LogP contribution in [0.5, 0.6) is 0 Å². The van der Waals surface area contributed by atoms with Gasteiger partial charge in [-0.15, -0.1) is 0 Å². The van der Waals surface area contributed by atoms with Crippen molar-refractivity contribution in [3.8, 4) is 0 Å². The van der Waals surface area contributed by atoms with Gasteiger partial charge in [0.05, 0.1) is 25.2 Å². The molecule has 4 rings (SSSR count). The fraction of sp³-hybridized carbons (Fsp3) is 0.409. The molecular weight excluding hydrogens is 352 g/mol. The Balaban J connectivity index is 1.48. The number of rotatable bonds is 7. The summed E-state index contributed by atoms with van der Waals surface area (Å²) in [5.41, 5.74) is 4.56. The van der Waals surface area contributed by atoms with Gasteiger partial charge in [-0.25, -0.2) is 5.06 Å². The number of hydrogen-bond donors (Lipinski definition) is 0. The van der Waals surface area contributed by atoms with E-state index >= 15 is 0 Å². The normalized spacial score (nSPS) is 21.0. The molecule has 6 nitrogen and oxygen atoms in total. The van der Waals surface area contributed by atoms with Crippen LogP contribution < -0.4 is 0 Å². The van der Waals surface area contributed by atoms with Gasteiger partial charge in [-0.2, -0.15) is 0 Å². The minimum Gasteiger partial charge on any atom is -0.367 e. The summed E-state index contributed by atoms with van der Waals surface area (Å²) in [6.07, 6.45) is 7.97. The van der Waals surface area contributed by atoms with Gasteiger partial charge < -0.3 is 14.5 Å². The summed E-state index contributed by atoms with van der Waals surface area (Å²) in [6.45, 7) is 6.52. The van der Waals surface area contributed by atoms with Crippen LogP contribution >= 0.6 is 0 Å². The summed E-state index contributed by atoms with van der Waals surface area (Å²) in [7, 11) is 1.68. The Bertz CT molecular complexity index is 828. The van der Waals surface area contributed by atoms with E-state index in [1.807, 2.05) is 17.5 Å². The summed E-state index contributed by atoms with van der Waals surface area (Å²) in [5, 5.41) is 1.81. The first kappa shape index (κ1) is 18.8. The van der Waals surface area contributed by atoms with Crippen LogP contribution in [0.15, 0.2) is 70.5 Å². The second-order valence-electron chi connectivity index (χ2n) is 7.19. The van der Waals surface area contributed by atoms with Gasteiger partial charge in [0, 0.05) is 19.4 Å². The summed E-state index contributed by atoms with van der Waals surface area (Å²) in [5.74, 6) is 1.09. The first-order valence-electron chi connectivity index (χ1n) is 9.90. The van der Waals surface area contributed by atoms with Crippen molar-refractivity contribution in [2.45, 2.75) is 32.8 Å². The van der Waals surface area contributed by atoms with Crippen molar-refractivity contribution >= 4 is 6.21 Å². The first-order chi connectivity index (χ1) is 13.7. The molecular formula is C22H28N4O2. The molecule has 3 aliphatic rings. The van der Waals surface area contributed by atoms with Gasteiger partial charge in [-0.1, -0.05) is 30.3 Å². The van der Waals surface area contributed by atoms with Crippen LogP contribution in [0, 0.1) is 0 Å². The fourth-order valence-electron chi connectivity index (χ4n) is 3.86. The fourth-order valence-corrected chi connectivity index (χ4v) is 3.86. The molecule has 0 aliphatic carbocycles. The van der Waals surface area contributed by atoms with Crippen LogP contribution in [0.4, 0.5) is 0 Å². The number of aryl methyl sites for hydroxylation is 1. The Labute approximate surface area is 167 Å². The highest BCUT2D eigenvalue weighted by Gasteiger charge is 2.37. The molecule has 0 spiro atoms. The lowest BCUT2D eigenvalue weighted by Gasteiger charge is -2.40. The molecule has 0 bridgehead atoms. The third kappa shape index (κ3) is 3.57. The Morgan fingerprint density at radius 2 is 2.00 bits per heavy atom. The standard InChI is InChI=1S/C22H28N4O2/c1-4-24-14-17(2)21(28-12-8-11-18-9-6-5-7-10-18)20-22(24)26-16-25(27-3)15-19(26)13-23-20/h5-7,9-10,13-15,21H,4,8,11-12,16H2,1-3H3. The number of nitrogens with zero attached hydrogens (tertiary/aromatic N) is 4. The van der Waals surface area contributed by atoms with Crippen LogP contribution in [0.3, 0.4) is 0 Å². The number of hydroxylamine groups is 2. The highest BCUT2D eigenvalue weighted by Crippen LogP contribution is 2.36. The lowest BCUT2D eigenvalue weighted by atomic mass is 10.0. The third-order valence-electron chi connectivity index (χ3n) is 5.30. The molecule has 0 N–H and O–H groups in total. The minimum atomic E-state index is -0.108. The molecule has 1 unspecified atom stereocenters. The van der Waals surface area contributed by atoms with Gasteiger partial charge in [0.25, 0.3) is 0 Å². The number of ether oxygens (including phenoxy) is 1. The monoisotopic (exact) mass is 380 g/mol. The van der Waals surface area contributed by atoms with E-state index < -0.39 is 0 Å². The molecule has 28 heavy (non-hydrogen) atoms. The van der Waals surface area contributed by atoms with E-state index in [0.29, 0.717) is 13.3 Å². The zero-order chi connectivity index (χ0) is 19.5. The van der Waals surface area contributed by atoms with Crippen molar-refractivity contribution in [2.24, 2.45) is 4.99 Å². The lowest BCUT2D eigenvalue weighted by Crippen LogP contribution is -2.41. The van der Waals surface area contributed by atoms with Crippen LogP contribution in [0.25, 0.3) is 0 Å². The second-order valence-corrected chi connectivity index (χ2v) is 7.19. The van der Waals surface area contributed by atoms with Crippen molar-refractivity contribution in [1.29, 1.82) is 0 Å². The Hall–Kier alpha value is -2.57. The van der Waals surface area contributed by atoms with Crippen molar-refractivity contribution in [3.63, 3.8) is 0 Å². The Morgan fingerprint density at radius 1 is 1.18 bits per heavy atom. The van der Waals surface area contributed by atoms with Crippen LogP contribution in [0.2, 0.25) is 0 Å². The average Bonchev–Trinajstić information content (AvgIpc) is 3.16. The van der Waals surface area contributed by atoms with Crippen molar-refractivity contribution in [1.82, 2.24) is 14.9 Å². The molecule has 1 atom stereocenters. The van der Waals surface area contributed by atoms with Gasteiger partial charge in [0.1, 0.15) is 24.3 Å². The molecule has 0 radical (unpaired) electrons. The molecule has 0 saturated carbocycles. The zero-order valence-corrected chi connectivity index (χ0v) is 16.8. The van der Waals surface area contributed by atoms with Gasteiger partial charge in [-0.05, 0) is 37.8 Å². The van der Waals surface area contributed by atoms with Gasteiger partial charge >= 0.3 is 0 Å². The van der Waals surface area contributed by atoms with Crippen molar-refractivity contribution in [3.05, 3.63) is 71.1 Å². The summed E-state index contributed by atoms with van der Waals surface area (Å²) >= 11 is 0. The average molecular weight is 380 g/mol. The zero-order valence-electron chi connectivity index (χ0n) is 16.8. The largest absolute Gasteiger partial charge is 0.367 e. The Morgan fingerprint density at radius 3 is 2.75 bits per heavy atom. The molecule has 0 fully saturated rings. The number of aliphatic imine (C=N–C) groups is 1. The van der Waals surface area contributed by atoms with E-state index in [1.165, 1.54) is 11.1 Å². The highest BCUT2D eigenvalue weighted by atomic mass is 16.7. The highest BCUT2D eigenvalue weighted by molar-refractivity contribution is 5.81. The smallest absolute Gasteiger partial charge is 0.139 e. The third-order valence-corrected chi connectivity index (χ3v) is 5.30. The van der Waals surface area contributed by atoms with E-state index in [4.69, 9.17) is 14.6 Å². The van der Waals surface area contributed by atoms with E-state index in [0.717, 1.165) is 36.6 Å². The SMILES string of the molecule is CCN1C=C(C)C(OCCCc2ccccc2)C2=C1N1CN(OC)C=C1C=N2. The summed E-state index contributed by atoms with van der Waals surface area (Å²) < 4.78 is 6.32. The molecule has 6 heteroatoms. The molecule has 0 saturated heterocycles. The minimum absolute atomic E-state index is 0.108. The number of hydrogen-bond acceptors (Lipinski definition) is 6. The van der Waals surface area contributed by atoms with Crippen molar-refractivity contribution in [2.75, 3.05) is 26.9 Å². The van der Waals surface area contributed by atoms with Crippen LogP contribution in [0.1, 0.15) is 25.8 Å². The second kappa shape index (κ2) is 8.20. The number of allylic oxidation sites excluding steroid dienone is 1. The molecule has 1 aromatic rings. The summed E-state index contributed by atoms with van der Waals surface area (Å²) in [6, 6.07) is 10.6. The van der Waals surface area contributed by atoms with E-state index in [1.54, 1.807) is 7.11 Å². The Kier molecular flexibility index (Phi) is 5.50. The first-order valence-corrected chi connectivity index (χ1v) is 9.90. The van der Waals surface area contributed by atoms with Crippen LogP contribution in [-0.4, -0.2) is 54.1 Å². The maximum absolute atomic E-state index is 6.32. The van der Waals surface area contributed by atoms with E-state index in [-0.39, 0.29) is 6.10 Å². The molecule has 0 aromatic heterocycles. The van der Waals surface area contributed by atoms with Gasteiger partial charge in [0.15, 0.2) is 0 Å². The topological polar surface area (TPSA) is 40.5 Å². The molecule has 0 amide bonds. The predicted octanol–water partition coefficient (Wildman–Crippen LogP) is 3.48. The predicted molar refractivity (Wildman–Crippen MR) is 110 cm³/mol. The number of fused-ring (bicyclic) bond motifs is 2. The van der Waals surface area contributed by atoms with Crippen LogP contribution in [-0.2, 0) is 16.0 Å². The molecule has 3 aliphatic heterocycles. The summed E-state index contributed by atoms with van der Waals surface area (Å²) in [4.78, 5) is 14.7. The van der Waals surface area contributed by atoms with Gasteiger partial charge in [-0.3, -0.25) is 9.83 Å². The maximum Gasteiger partial charge on any atom is 0.139 e. The molecule has 148 valence electrons. The quantitative estimate of drug-likeness (QED) is 0.678. The molecule has 3 heterocycles. The maximum atomic E-state index is 6.32. The number of benzene rings is 1. The van der Waals surface area contributed by atoms with Gasteiger partial charge in [0.2, 0.25) is 0 Å². The van der Waals surface area contributed by atoms with Crippen molar-refractivity contribution < 1.29 is 9.57 Å². The molecule has 1 aromatic carbocycles. The van der Waals surface area contributed by atoms with E-state index in [2.05, 4.69) is 60.2 Å².